The van der Waals surface area contributed by atoms with Crippen molar-refractivity contribution in [3.8, 4) is 5.75 Å². The number of nitrogens with one attached hydrogen (secondary N) is 1. The van der Waals surface area contributed by atoms with E-state index in [1.807, 2.05) is 49.4 Å². The van der Waals surface area contributed by atoms with Crippen LogP contribution in [-0.2, 0) is 6.42 Å². The fraction of sp³-hybridized carbons (Fsp3) is 0.179. The lowest BCUT2D eigenvalue weighted by molar-refractivity contribution is 0.414. The molecule has 0 aliphatic heterocycles. The van der Waals surface area contributed by atoms with Crippen molar-refractivity contribution in [1.82, 2.24) is 15.0 Å². The summed E-state index contributed by atoms with van der Waals surface area (Å²) in [7, 11) is 1.67. The number of hydrogen-bond acceptors (Lipinski definition) is 7. The van der Waals surface area contributed by atoms with Gasteiger partial charge in [0.25, 0.3) is 0 Å². The average Bonchev–Trinajstić information content (AvgIpc) is 2.87. The van der Waals surface area contributed by atoms with Gasteiger partial charge >= 0.3 is 0 Å². The van der Waals surface area contributed by atoms with Crippen LogP contribution in [0.4, 0.5) is 5.82 Å². The van der Waals surface area contributed by atoms with Crippen molar-refractivity contribution in [3.05, 3.63) is 107 Å². The molecular formula is C28H27N5OS. The van der Waals surface area contributed by atoms with Gasteiger partial charge in [0.15, 0.2) is 5.65 Å². The molecule has 0 fully saturated rings. The van der Waals surface area contributed by atoms with Crippen molar-refractivity contribution < 1.29 is 4.74 Å². The summed E-state index contributed by atoms with van der Waals surface area (Å²) in [5.41, 5.74) is 10.2. The Labute approximate surface area is 209 Å². The Morgan fingerprint density at radius 2 is 1.83 bits per heavy atom. The van der Waals surface area contributed by atoms with E-state index in [9.17, 15) is 0 Å². The molecular weight excluding hydrogens is 454 g/mol. The number of ether oxygens (including phenoxy) is 1. The molecule has 1 unspecified atom stereocenters. The monoisotopic (exact) mass is 481 g/mol. The van der Waals surface area contributed by atoms with E-state index in [1.165, 1.54) is 5.56 Å². The number of thioether (sulfide) groups is 1. The molecule has 0 amide bonds. The van der Waals surface area contributed by atoms with E-state index in [0.717, 1.165) is 44.6 Å². The van der Waals surface area contributed by atoms with E-state index in [0.29, 0.717) is 12.1 Å². The van der Waals surface area contributed by atoms with Crippen LogP contribution in [0, 0.1) is 6.92 Å². The Morgan fingerprint density at radius 1 is 1.03 bits per heavy atom. The topological polar surface area (TPSA) is 86.0 Å². The molecule has 2 heterocycles. The number of hydrogen-bond donors (Lipinski definition) is 2. The van der Waals surface area contributed by atoms with Crippen LogP contribution in [0.5, 0.6) is 5.75 Å². The van der Waals surface area contributed by atoms with Gasteiger partial charge in [0, 0.05) is 33.2 Å². The highest BCUT2D eigenvalue weighted by atomic mass is 32.2. The van der Waals surface area contributed by atoms with E-state index < -0.39 is 5.54 Å². The van der Waals surface area contributed by atoms with E-state index in [4.69, 9.17) is 10.5 Å². The van der Waals surface area contributed by atoms with Gasteiger partial charge < -0.3 is 15.8 Å². The fourth-order valence-electron chi connectivity index (χ4n) is 4.17. The molecule has 7 heteroatoms. The summed E-state index contributed by atoms with van der Waals surface area (Å²) in [6.07, 6.45) is 7.17. The van der Waals surface area contributed by atoms with E-state index >= 15 is 0 Å². The number of nitrogens with two attached hydrogens (primary N) is 1. The molecule has 1 aliphatic carbocycles. The van der Waals surface area contributed by atoms with Gasteiger partial charge in [-0.05, 0) is 61.4 Å². The number of aryl methyl sites for hydroxylation is 1. The molecule has 4 aromatic rings. The van der Waals surface area contributed by atoms with Crippen molar-refractivity contribution >= 4 is 28.6 Å². The first-order chi connectivity index (χ1) is 17.0. The summed E-state index contributed by atoms with van der Waals surface area (Å²) in [6, 6.07) is 22.4. The summed E-state index contributed by atoms with van der Waals surface area (Å²) < 4.78 is 5.31. The molecule has 0 radical (unpaired) electrons. The lowest BCUT2D eigenvalue weighted by Crippen LogP contribution is -2.42. The maximum atomic E-state index is 6.93. The summed E-state index contributed by atoms with van der Waals surface area (Å²) in [4.78, 5) is 15.6. The number of nitrogens with zero attached hydrogens (tertiary/aromatic N) is 3. The van der Waals surface area contributed by atoms with Crippen LogP contribution in [0.15, 0.2) is 101 Å². The zero-order chi connectivity index (χ0) is 24.3. The number of benzene rings is 2. The van der Waals surface area contributed by atoms with Crippen molar-refractivity contribution in [3.63, 3.8) is 0 Å². The zero-order valence-corrected chi connectivity index (χ0v) is 20.5. The normalized spacial score (nSPS) is 17.6. The number of fused-ring (bicyclic) bond motifs is 1. The molecule has 6 nitrogen and oxygen atoms in total. The van der Waals surface area contributed by atoms with Gasteiger partial charge in [-0.2, -0.15) is 0 Å². The van der Waals surface area contributed by atoms with Crippen LogP contribution < -0.4 is 15.8 Å². The minimum atomic E-state index is -0.522. The van der Waals surface area contributed by atoms with Gasteiger partial charge in [-0.25, -0.2) is 15.0 Å². The third-order valence-electron chi connectivity index (χ3n) is 5.94. The predicted molar refractivity (Wildman–Crippen MR) is 142 cm³/mol. The third-order valence-corrected chi connectivity index (χ3v) is 7.05. The summed E-state index contributed by atoms with van der Waals surface area (Å²) in [6.45, 7) is 1.96. The Balaban J connectivity index is 1.50. The van der Waals surface area contributed by atoms with Crippen molar-refractivity contribution in [1.29, 1.82) is 0 Å². The number of anilines is 1. The highest BCUT2D eigenvalue weighted by Crippen LogP contribution is 2.38. The highest BCUT2D eigenvalue weighted by molar-refractivity contribution is 8.03. The standard InChI is InChI=1S/C28H27N5OS/c1-19-8-13-23-26(32-19)30-18-31-27(23)33-24-17-28(29,16-20-6-4-3-5-7-20)15-14-25(24)35-22-11-9-21(34-2)10-12-22/h3-15,18H,16-17,29H2,1-2H3,(H,30,31,32,33). The summed E-state index contributed by atoms with van der Waals surface area (Å²) >= 11 is 1.69. The summed E-state index contributed by atoms with van der Waals surface area (Å²) in [5, 5.41) is 4.46. The second-order valence-corrected chi connectivity index (χ2v) is 9.81. The Bertz CT molecular complexity index is 1400. The minimum Gasteiger partial charge on any atom is -0.497 e. The van der Waals surface area contributed by atoms with Gasteiger partial charge in [0.05, 0.1) is 12.5 Å². The smallest absolute Gasteiger partial charge is 0.164 e. The molecule has 0 spiro atoms. The van der Waals surface area contributed by atoms with Gasteiger partial charge in [-0.15, -0.1) is 0 Å². The van der Waals surface area contributed by atoms with Crippen LogP contribution in [0.1, 0.15) is 17.7 Å². The number of allylic oxidation sites excluding steroid dienone is 1. The van der Waals surface area contributed by atoms with Gasteiger partial charge in [0.1, 0.15) is 17.9 Å². The van der Waals surface area contributed by atoms with Crippen LogP contribution in [0.25, 0.3) is 11.0 Å². The largest absolute Gasteiger partial charge is 0.497 e. The van der Waals surface area contributed by atoms with Crippen LogP contribution >= 0.6 is 11.8 Å². The van der Waals surface area contributed by atoms with Crippen molar-refractivity contribution in [2.45, 2.75) is 30.2 Å². The van der Waals surface area contributed by atoms with Crippen molar-refractivity contribution in [2.24, 2.45) is 5.73 Å². The molecule has 2 aromatic carbocycles. The van der Waals surface area contributed by atoms with Gasteiger partial charge in [-0.3, -0.25) is 0 Å². The molecule has 2 aromatic heterocycles. The second kappa shape index (κ2) is 9.90. The summed E-state index contributed by atoms with van der Waals surface area (Å²) in [5.74, 6) is 1.56. The molecule has 3 N–H and O–H groups in total. The molecule has 0 saturated heterocycles. The third kappa shape index (κ3) is 5.37. The Kier molecular flexibility index (Phi) is 6.53. The molecule has 1 atom stereocenters. The SMILES string of the molecule is COc1ccc(SC2=C(Nc3ncnc4nc(C)ccc34)CC(N)(Cc3ccccc3)C=C2)cc1. The minimum absolute atomic E-state index is 0.522. The zero-order valence-electron chi connectivity index (χ0n) is 19.7. The van der Waals surface area contributed by atoms with Gasteiger partial charge in [-0.1, -0.05) is 48.2 Å². The molecule has 176 valence electrons. The maximum absolute atomic E-state index is 6.93. The maximum Gasteiger partial charge on any atom is 0.164 e. The van der Waals surface area contributed by atoms with Crippen LogP contribution in [-0.4, -0.2) is 27.6 Å². The first kappa shape index (κ1) is 23.1. The molecule has 0 bridgehead atoms. The average molecular weight is 482 g/mol. The predicted octanol–water partition coefficient (Wildman–Crippen LogP) is 5.66. The van der Waals surface area contributed by atoms with Crippen LogP contribution in [0.2, 0.25) is 0 Å². The van der Waals surface area contributed by atoms with Crippen LogP contribution in [0.3, 0.4) is 0 Å². The quantitative estimate of drug-likeness (QED) is 0.352. The Morgan fingerprint density at radius 3 is 2.60 bits per heavy atom. The number of pyridine rings is 1. The molecule has 5 rings (SSSR count). The molecule has 35 heavy (non-hydrogen) atoms. The molecule has 1 aliphatic rings. The van der Waals surface area contributed by atoms with Crippen molar-refractivity contribution in [2.75, 3.05) is 12.4 Å². The lowest BCUT2D eigenvalue weighted by atomic mass is 9.84. The number of methoxy groups -OCH3 is 1. The molecule has 0 saturated carbocycles. The number of aromatic nitrogens is 3. The van der Waals surface area contributed by atoms with E-state index in [1.54, 1.807) is 25.2 Å². The van der Waals surface area contributed by atoms with Gasteiger partial charge in [0.2, 0.25) is 0 Å². The second-order valence-electron chi connectivity index (χ2n) is 8.70. The first-order valence-electron chi connectivity index (χ1n) is 11.4. The Hall–Kier alpha value is -3.68. The first-order valence-corrected chi connectivity index (χ1v) is 12.3. The highest BCUT2D eigenvalue weighted by Gasteiger charge is 2.29. The fourth-order valence-corrected chi connectivity index (χ4v) is 5.08. The van der Waals surface area contributed by atoms with E-state index in [-0.39, 0.29) is 0 Å². The van der Waals surface area contributed by atoms with E-state index in [2.05, 4.69) is 56.7 Å². The lowest BCUT2D eigenvalue weighted by Gasteiger charge is -2.32. The number of rotatable bonds is 7.